The van der Waals surface area contributed by atoms with Crippen LogP contribution < -0.4 is 0 Å². The number of carbonyl (C=O) groups is 1. The molecule has 0 amide bonds. The molecule has 3 atom stereocenters. The largest absolute Gasteiger partial charge is 0.299 e. The fraction of sp³-hybridized carbons (Fsp3) is 0.800. The Labute approximate surface area is 99.3 Å². The van der Waals surface area contributed by atoms with Crippen molar-refractivity contribution in [1.82, 2.24) is 0 Å². The van der Waals surface area contributed by atoms with Gasteiger partial charge >= 0.3 is 0 Å². The van der Waals surface area contributed by atoms with Crippen molar-refractivity contribution in [3.05, 3.63) is 11.6 Å². The summed E-state index contributed by atoms with van der Waals surface area (Å²) >= 11 is 0. The summed E-state index contributed by atoms with van der Waals surface area (Å²) in [6.45, 7) is 9.04. The summed E-state index contributed by atoms with van der Waals surface area (Å²) in [5.41, 5.74) is 1.76. The molecule has 0 bridgehead atoms. The lowest BCUT2D eigenvalue weighted by Crippen LogP contribution is -2.36. The zero-order valence-electron chi connectivity index (χ0n) is 11.0. The maximum absolute atomic E-state index is 12.4. The minimum Gasteiger partial charge on any atom is -0.299 e. The van der Waals surface area contributed by atoms with Crippen molar-refractivity contribution in [3.8, 4) is 0 Å². The van der Waals surface area contributed by atoms with Crippen LogP contribution in [0.2, 0.25) is 0 Å². The van der Waals surface area contributed by atoms with E-state index in [9.17, 15) is 4.79 Å². The van der Waals surface area contributed by atoms with Crippen LogP contribution in [0, 0.1) is 23.2 Å². The SMILES string of the molecule is CC1=CCC[C@@H]2C(=O)[C@@H](C)CCC(C)(C)[C@H]12. The van der Waals surface area contributed by atoms with E-state index >= 15 is 0 Å². The van der Waals surface area contributed by atoms with Gasteiger partial charge in [-0.1, -0.05) is 32.4 Å². The number of hydrogen-bond acceptors (Lipinski definition) is 1. The van der Waals surface area contributed by atoms with Gasteiger partial charge in [0.15, 0.2) is 0 Å². The summed E-state index contributed by atoms with van der Waals surface area (Å²) in [4.78, 5) is 12.4. The molecule has 1 saturated carbocycles. The van der Waals surface area contributed by atoms with Crippen LogP contribution in [0.1, 0.15) is 53.4 Å². The van der Waals surface area contributed by atoms with Gasteiger partial charge < -0.3 is 0 Å². The first-order valence-electron chi connectivity index (χ1n) is 6.64. The Morgan fingerprint density at radius 3 is 2.69 bits per heavy atom. The monoisotopic (exact) mass is 220 g/mol. The highest BCUT2D eigenvalue weighted by Crippen LogP contribution is 2.49. The Balaban J connectivity index is 2.40. The van der Waals surface area contributed by atoms with E-state index in [-0.39, 0.29) is 5.92 Å². The second kappa shape index (κ2) is 4.01. The Bertz CT molecular complexity index is 324. The molecule has 0 aromatic rings. The van der Waals surface area contributed by atoms with Crippen LogP contribution in [0.4, 0.5) is 0 Å². The van der Waals surface area contributed by atoms with E-state index in [1.807, 2.05) is 0 Å². The van der Waals surface area contributed by atoms with Crippen molar-refractivity contribution in [3.63, 3.8) is 0 Å². The van der Waals surface area contributed by atoms with E-state index < -0.39 is 0 Å². The highest BCUT2D eigenvalue weighted by atomic mass is 16.1. The lowest BCUT2D eigenvalue weighted by atomic mass is 9.64. The second-order valence-corrected chi connectivity index (χ2v) is 6.44. The summed E-state index contributed by atoms with van der Waals surface area (Å²) in [5, 5.41) is 0. The molecule has 90 valence electrons. The van der Waals surface area contributed by atoms with Crippen molar-refractivity contribution >= 4 is 5.78 Å². The predicted octanol–water partition coefficient (Wildman–Crippen LogP) is 3.98. The molecule has 0 heterocycles. The van der Waals surface area contributed by atoms with Gasteiger partial charge in [0.1, 0.15) is 5.78 Å². The average Bonchev–Trinajstić information content (AvgIpc) is 2.31. The molecule has 2 aliphatic rings. The molecule has 1 nitrogen and oxygen atoms in total. The van der Waals surface area contributed by atoms with Gasteiger partial charge in [0.25, 0.3) is 0 Å². The molecular formula is C15H24O. The van der Waals surface area contributed by atoms with Crippen LogP contribution in [0.15, 0.2) is 11.6 Å². The van der Waals surface area contributed by atoms with Gasteiger partial charge in [-0.3, -0.25) is 4.79 Å². The first-order chi connectivity index (χ1) is 7.43. The van der Waals surface area contributed by atoms with Crippen molar-refractivity contribution in [2.45, 2.75) is 53.4 Å². The smallest absolute Gasteiger partial charge is 0.139 e. The van der Waals surface area contributed by atoms with Gasteiger partial charge in [-0.05, 0) is 43.9 Å². The van der Waals surface area contributed by atoms with E-state index in [1.165, 1.54) is 12.0 Å². The van der Waals surface area contributed by atoms with Crippen LogP contribution in [0.5, 0.6) is 0 Å². The molecule has 0 N–H and O–H groups in total. The number of Topliss-reactive ketones (excluding diaryl/α,β-unsaturated/α-hetero) is 1. The summed E-state index contributed by atoms with van der Waals surface area (Å²) in [7, 11) is 0. The Kier molecular flexibility index (Phi) is 2.98. The Morgan fingerprint density at radius 2 is 2.00 bits per heavy atom. The van der Waals surface area contributed by atoms with Gasteiger partial charge in [-0.2, -0.15) is 0 Å². The molecule has 0 saturated heterocycles. The van der Waals surface area contributed by atoms with Crippen molar-refractivity contribution in [2.75, 3.05) is 0 Å². The van der Waals surface area contributed by atoms with Gasteiger partial charge in [0.05, 0.1) is 0 Å². The van der Waals surface area contributed by atoms with E-state index in [0.29, 0.717) is 23.0 Å². The summed E-state index contributed by atoms with van der Waals surface area (Å²) in [5.74, 6) is 1.61. The van der Waals surface area contributed by atoms with Gasteiger partial charge in [-0.15, -0.1) is 0 Å². The number of allylic oxidation sites excluding steroid dienone is 2. The van der Waals surface area contributed by atoms with Crippen molar-refractivity contribution in [2.24, 2.45) is 23.2 Å². The first-order valence-corrected chi connectivity index (χ1v) is 6.64. The minimum absolute atomic E-state index is 0.278. The van der Waals surface area contributed by atoms with Crippen molar-refractivity contribution < 1.29 is 4.79 Å². The molecule has 2 aliphatic carbocycles. The number of fused-ring (bicyclic) bond motifs is 1. The van der Waals surface area contributed by atoms with E-state index in [0.717, 1.165) is 19.3 Å². The maximum Gasteiger partial charge on any atom is 0.139 e. The topological polar surface area (TPSA) is 17.1 Å². The van der Waals surface area contributed by atoms with E-state index in [1.54, 1.807) is 0 Å². The van der Waals surface area contributed by atoms with Crippen LogP contribution in [0.25, 0.3) is 0 Å². The van der Waals surface area contributed by atoms with E-state index in [4.69, 9.17) is 0 Å². The van der Waals surface area contributed by atoms with Crippen molar-refractivity contribution in [1.29, 1.82) is 0 Å². The molecule has 0 spiro atoms. The van der Waals surface area contributed by atoms with Crippen LogP contribution in [-0.2, 0) is 4.79 Å². The Hall–Kier alpha value is -0.590. The Morgan fingerprint density at radius 1 is 1.31 bits per heavy atom. The number of carbonyl (C=O) groups excluding carboxylic acids is 1. The molecule has 0 aromatic heterocycles. The third-order valence-corrected chi connectivity index (χ3v) is 4.75. The molecule has 1 heteroatoms. The third kappa shape index (κ3) is 1.85. The molecule has 1 fully saturated rings. The zero-order valence-corrected chi connectivity index (χ0v) is 11.0. The number of rotatable bonds is 0. The fourth-order valence-corrected chi connectivity index (χ4v) is 3.82. The third-order valence-electron chi connectivity index (χ3n) is 4.75. The lowest BCUT2D eigenvalue weighted by Gasteiger charge is -2.40. The van der Waals surface area contributed by atoms with Gasteiger partial charge in [0.2, 0.25) is 0 Å². The normalized spacial score (nSPS) is 38.6. The standard InChI is InChI=1S/C15H24O/c1-10-6-5-7-12-13(10)15(3,4)9-8-11(2)14(12)16/h6,11-13H,5,7-9H2,1-4H3/t11-,12-,13+/m0/s1. The molecule has 16 heavy (non-hydrogen) atoms. The summed E-state index contributed by atoms with van der Waals surface area (Å²) < 4.78 is 0. The second-order valence-electron chi connectivity index (χ2n) is 6.44. The number of hydrogen-bond donors (Lipinski definition) is 0. The highest BCUT2D eigenvalue weighted by Gasteiger charge is 2.44. The van der Waals surface area contributed by atoms with E-state index in [2.05, 4.69) is 33.8 Å². The number of ketones is 1. The minimum atomic E-state index is 0.278. The molecule has 0 aromatic carbocycles. The van der Waals surface area contributed by atoms with Gasteiger partial charge in [-0.25, -0.2) is 0 Å². The van der Waals surface area contributed by atoms with Gasteiger partial charge in [0, 0.05) is 11.8 Å². The first kappa shape index (κ1) is 11.9. The summed E-state index contributed by atoms with van der Waals surface area (Å²) in [6, 6.07) is 0. The average molecular weight is 220 g/mol. The van der Waals surface area contributed by atoms with Crippen LogP contribution in [0.3, 0.4) is 0 Å². The molecule has 2 rings (SSSR count). The van der Waals surface area contributed by atoms with Crippen LogP contribution in [-0.4, -0.2) is 5.78 Å². The highest BCUT2D eigenvalue weighted by molar-refractivity contribution is 5.84. The van der Waals surface area contributed by atoms with Crippen LogP contribution >= 0.6 is 0 Å². The lowest BCUT2D eigenvalue weighted by molar-refractivity contribution is -0.128. The molecular weight excluding hydrogens is 196 g/mol. The molecule has 0 radical (unpaired) electrons. The zero-order chi connectivity index (χ0) is 11.9. The molecule has 0 unspecified atom stereocenters. The quantitative estimate of drug-likeness (QED) is 0.564. The summed E-state index contributed by atoms with van der Waals surface area (Å²) in [6.07, 6.45) is 6.79. The maximum atomic E-state index is 12.4. The predicted molar refractivity (Wildman–Crippen MR) is 67.2 cm³/mol. The fourth-order valence-electron chi connectivity index (χ4n) is 3.82. The molecule has 0 aliphatic heterocycles.